The molecule has 21 heavy (non-hydrogen) atoms. The van der Waals surface area contributed by atoms with Crippen molar-refractivity contribution in [1.82, 2.24) is 4.90 Å². The van der Waals surface area contributed by atoms with Crippen LogP contribution in [0.2, 0.25) is 0 Å². The van der Waals surface area contributed by atoms with Crippen molar-refractivity contribution in [3.8, 4) is 0 Å². The Bertz CT molecular complexity index is 590. The van der Waals surface area contributed by atoms with Gasteiger partial charge in [0.25, 0.3) is 0 Å². The third-order valence-electron chi connectivity index (χ3n) is 3.50. The second-order valence-corrected chi connectivity index (χ2v) is 7.12. The minimum Gasteiger partial charge on any atom is -0.382 e. The smallest absolute Gasteiger partial charge is 0.229 e. The van der Waals surface area contributed by atoms with E-state index in [4.69, 9.17) is 0 Å². The van der Waals surface area contributed by atoms with Crippen molar-refractivity contribution in [3.05, 3.63) is 24.3 Å². The van der Waals surface area contributed by atoms with Crippen molar-refractivity contribution >= 4 is 27.3 Å². The fourth-order valence-corrected chi connectivity index (χ4v) is 2.99. The fraction of sp³-hybridized carbons (Fsp3) is 0.500. The zero-order chi connectivity index (χ0) is 15.5. The van der Waals surface area contributed by atoms with E-state index in [1.54, 1.807) is 19.1 Å². The third kappa shape index (κ3) is 4.93. The first-order chi connectivity index (χ1) is 9.83. The molecule has 1 amide bonds. The first kappa shape index (κ1) is 15.6. The second-order valence-electron chi connectivity index (χ2n) is 5.38. The number of hydrogen-bond donors (Lipinski definition) is 2. The number of hydrogen-bond acceptors (Lipinski definition) is 4. The second kappa shape index (κ2) is 6.34. The quantitative estimate of drug-likeness (QED) is 0.883. The summed E-state index contributed by atoms with van der Waals surface area (Å²) in [4.78, 5) is 13.1. The molecule has 1 aromatic rings. The number of carbonyl (C=O) groups is 1. The molecule has 1 aliphatic heterocycles. The molecule has 0 unspecified atom stereocenters. The summed E-state index contributed by atoms with van der Waals surface area (Å²) < 4.78 is 24.7. The molecule has 0 spiro atoms. The van der Waals surface area contributed by atoms with Crippen LogP contribution in [0.1, 0.15) is 19.8 Å². The van der Waals surface area contributed by atoms with Gasteiger partial charge in [-0.25, -0.2) is 8.42 Å². The molecule has 6 nitrogen and oxygen atoms in total. The minimum absolute atomic E-state index is 0.129. The summed E-state index contributed by atoms with van der Waals surface area (Å²) in [6.45, 7) is 3.16. The highest BCUT2D eigenvalue weighted by Gasteiger charge is 2.20. The molecule has 116 valence electrons. The predicted molar refractivity (Wildman–Crippen MR) is 83.8 cm³/mol. The molecule has 2 rings (SSSR count). The van der Waals surface area contributed by atoms with E-state index in [1.807, 2.05) is 17.0 Å². The number of nitrogens with one attached hydrogen (secondary N) is 2. The summed E-state index contributed by atoms with van der Waals surface area (Å²) in [5, 5.41) is 3.42. The fourth-order valence-electron chi connectivity index (χ4n) is 2.42. The van der Waals surface area contributed by atoms with Gasteiger partial charge in [0.2, 0.25) is 15.9 Å². The van der Waals surface area contributed by atoms with Crippen LogP contribution in [0.4, 0.5) is 11.4 Å². The van der Waals surface area contributed by atoms with E-state index in [9.17, 15) is 13.2 Å². The topological polar surface area (TPSA) is 78.5 Å². The normalized spacial score (nSPS) is 16.6. The summed E-state index contributed by atoms with van der Waals surface area (Å²) in [6.07, 6.45) is 2.97. The van der Waals surface area contributed by atoms with Gasteiger partial charge in [-0.15, -0.1) is 0 Å². The van der Waals surface area contributed by atoms with Crippen LogP contribution in [-0.2, 0) is 14.8 Å². The lowest BCUT2D eigenvalue weighted by Crippen LogP contribution is -2.41. The molecule has 0 saturated carbocycles. The summed E-state index contributed by atoms with van der Waals surface area (Å²) in [5.74, 6) is 0.129. The lowest BCUT2D eigenvalue weighted by Gasteiger charge is -2.32. The number of benzene rings is 1. The highest BCUT2D eigenvalue weighted by atomic mass is 32.2. The van der Waals surface area contributed by atoms with E-state index < -0.39 is 10.0 Å². The average Bonchev–Trinajstić information content (AvgIpc) is 2.40. The highest BCUT2D eigenvalue weighted by Crippen LogP contribution is 2.19. The Morgan fingerprint density at radius 3 is 2.14 bits per heavy atom. The number of amides is 1. The molecule has 0 radical (unpaired) electrons. The molecule has 2 N–H and O–H groups in total. The average molecular weight is 311 g/mol. The van der Waals surface area contributed by atoms with Crippen molar-refractivity contribution in [2.45, 2.75) is 25.8 Å². The summed E-state index contributed by atoms with van der Waals surface area (Å²) in [6, 6.07) is 7.51. The molecule has 1 saturated heterocycles. The van der Waals surface area contributed by atoms with E-state index in [-0.39, 0.29) is 5.91 Å². The first-order valence-corrected chi connectivity index (χ1v) is 8.82. The molecule has 0 atom stereocenters. The Labute approximate surface area is 125 Å². The van der Waals surface area contributed by atoms with E-state index in [2.05, 4.69) is 10.0 Å². The standard InChI is InChI=1S/C14H21N3O3S/c1-11(18)17-9-7-13(8-10-17)15-12-3-5-14(6-4-12)16-21(2,19)20/h3-6,13,15-16H,7-10H2,1-2H3. The van der Waals surface area contributed by atoms with Crippen molar-refractivity contribution in [3.63, 3.8) is 0 Å². The van der Waals surface area contributed by atoms with Crippen LogP contribution in [0.3, 0.4) is 0 Å². The van der Waals surface area contributed by atoms with Crippen LogP contribution in [-0.4, -0.2) is 44.6 Å². The van der Waals surface area contributed by atoms with Crippen LogP contribution < -0.4 is 10.0 Å². The number of likely N-dealkylation sites (tertiary alicyclic amines) is 1. The predicted octanol–water partition coefficient (Wildman–Crippen LogP) is 1.48. The van der Waals surface area contributed by atoms with Crippen molar-refractivity contribution < 1.29 is 13.2 Å². The Hall–Kier alpha value is -1.76. The number of sulfonamides is 1. The zero-order valence-corrected chi connectivity index (χ0v) is 13.1. The van der Waals surface area contributed by atoms with Gasteiger partial charge in [0, 0.05) is 37.4 Å². The van der Waals surface area contributed by atoms with Gasteiger partial charge >= 0.3 is 0 Å². The first-order valence-electron chi connectivity index (χ1n) is 6.93. The van der Waals surface area contributed by atoms with Crippen molar-refractivity contribution in [2.75, 3.05) is 29.4 Å². The number of carbonyl (C=O) groups excluding carboxylic acids is 1. The maximum Gasteiger partial charge on any atom is 0.229 e. The largest absolute Gasteiger partial charge is 0.382 e. The number of nitrogens with zero attached hydrogens (tertiary/aromatic N) is 1. The molecule has 0 aliphatic carbocycles. The van der Waals surface area contributed by atoms with Crippen LogP contribution in [0.15, 0.2) is 24.3 Å². The third-order valence-corrected chi connectivity index (χ3v) is 4.11. The van der Waals surface area contributed by atoms with Gasteiger partial charge < -0.3 is 10.2 Å². The van der Waals surface area contributed by atoms with E-state index in [0.29, 0.717) is 11.7 Å². The van der Waals surface area contributed by atoms with E-state index in [1.165, 1.54) is 0 Å². The highest BCUT2D eigenvalue weighted by molar-refractivity contribution is 7.92. The summed E-state index contributed by atoms with van der Waals surface area (Å²) >= 11 is 0. The number of piperidine rings is 1. The lowest BCUT2D eigenvalue weighted by molar-refractivity contribution is -0.129. The van der Waals surface area contributed by atoms with Gasteiger partial charge in [-0.3, -0.25) is 9.52 Å². The summed E-state index contributed by atoms with van der Waals surface area (Å²) in [5.41, 5.74) is 1.50. The van der Waals surface area contributed by atoms with Crippen molar-refractivity contribution in [1.29, 1.82) is 0 Å². The number of anilines is 2. The maximum atomic E-state index is 11.3. The SMILES string of the molecule is CC(=O)N1CCC(Nc2ccc(NS(C)(=O)=O)cc2)CC1. The Kier molecular flexibility index (Phi) is 4.72. The Balaban J connectivity index is 1.88. The van der Waals surface area contributed by atoms with Crippen LogP contribution in [0, 0.1) is 0 Å². The Morgan fingerprint density at radius 1 is 1.14 bits per heavy atom. The monoisotopic (exact) mass is 311 g/mol. The van der Waals surface area contributed by atoms with Crippen LogP contribution in [0.5, 0.6) is 0 Å². The lowest BCUT2D eigenvalue weighted by atomic mass is 10.0. The van der Waals surface area contributed by atoms with E-state index >= 15 is 0 Å². The molecule has 1 fully saturated rings. The molecule has 1 heterocycles. The van der Waals surface area contributed by atoms with Crippen LogP contribution in [0.25, 0.3) is 0 Å². The molecule has 7 heteroatoms. The Morgan fingerprint density at radius 2 is 1.67 bits per heavy atom. The van der Waals surface area contributed by atoms with Gasteiger partial charge in [0.15, 0.2) is 0 Å². The maximum absolute atomic E-state index is 11.3. The zero-order valence-electron chi connectivity index (χ0n) is 12.3. The molecule has 0 bridgehead atoms. The van der Waals surface area contributed by atoms with Gasteiger partial charge in [-0.05, 0) is 37.1 Å². The van der Waals surface area contributed by atoms with Gasteiger partial charge in [0.05, 0.1) is 6.26 Å². The summed E-state index contributed by atoms with van der Waals surface area (Å²) in [7, 11) is -3.24. The molecule has 1 aliphatic rings. The minimum atomic E-state index is -3.24. The molecule has 0 aromatic heterocycles. The molecular formula is C14H21N3O3S. The van der Waals surface area contributed by atoms with Gasteiger partial charge in [0.1, 0.15) is 0 Å². The van der Waals surface area contributed by atoms with E-state index in [0.717, 1.165) is 37.9 Å². The van der Waals surface area contributed by atoms with Crippen molar-refractivity contribution in [2.24, 2.45) is 0 Å². The van der Waals surface area contributed by atoms with Gasteiger partial charge in [-0.1, -0.05) is 0 Å². The molecule has 1 aromatic carbocycles. The van der Waals surface area contributed by atoms with Crippen LogP contribution >= 0.6 is 0 Å². The van der Waals surface area contributed by atoms with Gasteiger partial charge in [-0.2, -0.15) is 0 Å². The molecular weight excluding hydrogens is 290 g/mol. The number of rotatable bonds is 4.